The first-order chi connectivity index (χ1) is 9.27. The molecular weight excluding hydrogens is 242 g/mol. The fourth-order valence-electron chi connectivity index (χ4n) is 3.47. The highest BCUT2D eigenvalue weighted by molar-refractivity contribution is 5.75. The predicted molar refractivity (Wildman–Crippen MR) is 74.0 cm³/mol. The van der Waals surface area contributed by atoms with Crippen molar-refractivity contribution in [2.45, 2.75) is 70.1 Å². The van der Waals surface area contributed by atoms with Crippen LogP contribution < -0.4 is 0 Å². The van der Waals surface area contributed by atoms with E-state index in [0.717, 1.165) is 45.3 Å². The molecule has 2 fully saturated rings. The fourth-order valence-corrected chi connectivity index (χ4v) is 3.47. The molecule has 0 amide bonds. The van der Waals surface area contributed by atoms with Crippen molar-refractivity contribution in [3.05, 3.63) is 0 Å². The molecule has 0 radical (unpaired) electrons. The number of carbonyl (C=O) groups is 1. The van der Waals surface area contributed by atoms with Crippen LogP contribution in [0.1, 0.15) is 51.9 Å². The second kappa shape index (κ2) is 7.25. The number of unbranched alkanes of at least 4 members (excludes halogenated alkanes) is 1. The maximum absolute atomic E-state index is 12.1. The lowest BCUT2D eigenvalue weighted by Gasteiger charge is -2.46. The van der Waals surface area contributed by atoms with Gasteiger partial charge in [-0.3, -0.25) is 9.69 Å². The molecule has 0 aromatic heterocycles. The van der Waals surface area contributed by atoms with Gasteiger partial charge in [-0.1, -0.05) is 32.6 Å². The Labute approximate surface area is 116 Å². The van der Waals surface area contributed by atoms with Crippen LogP contribution in [-0.2, 0) is 14.3 Å². The Morgan fingerprint density at radius 2 is 2.21 bits per heavy atom. The van der Waals surface area contributed by atoms with Gasteiger partial charge in [0.15, 0.2) is 0 Å². The number of morpholine rings is 1. The van der Waals surface area contributed by atoms with Gasteiger partial charge in [-0.2, -0.15) is 0 Å². The third kappa shape index (κ3) is 3.48. The Morgan fingerprint density at radius 3 is 2.95 bits per heavy atom. The summed E-state index contributed by atoms with van der Waals surface area (Å²) < 4.78 is 10.9. The van der Waals surface area contributed by atoms with E-state index in [9.17, 15) is 4.79 Å². The van der Waals surface area contributed by atoms with Crippen molar-refractivity contribution < 1.29 is 14.3 Å². The van der Waals surface area contributed by atoms with Crippen LogP contribution in [0.3, 0.4) is 0 Å². The summed E-state index contributed by atoms with van der Waals surface area (Å²) in [6, 6.07) is 0.350. The summed E-state index contributed by atoms with van der Waals surface area (Å²) >= 11 is 0. The Bertz CT molecular complexity index is 293. The van der Waals surface area contributed by atoms with Gasteiger partial charge >= 0.3 is 5.97 Å². The summed E-state index contributed by atoms with van der Waals surface area (Å²) in [5.74, 6) is -0.0697. The normalized spacial score (nSPS) is 29.6. The monoisotopic (exact) mass is 269 g/mol. The second-order valence-corrected chi connectivity index (χ2v) is 5.68. The lowest BCUT2D eigenvalue weighted by molar-refractivity contribution is -0.157. The zero-order valence-corrected chi connectivity index (χ0v) is 12.3. The number of methoxy groups -OCH3 is 1. The molecule has 0 aromatic carbocycles. The molecule has 3 unspecified atom stereocenters. The van der Waals surface area contributed by atoms with Crippen LogP contribution in [0.2, 0.25) is 0 Å². The molecular formula is C15H27NO3. The minimum atomic E-state index is -0.0700. The van der Waals surface area contributed by atoms with Crippen LogP contribution in [0, 0.1) is 0 Å². The molecule has 1 aliphatic heterocycles. The lowest BCUT2D eigenvalue weighted by Crippen LogP contribution is -2.58. The molecule has 1 heterocycles. The van der Waals surface area contributed by atoms with Crippen LogP contribution in [0.4, 0.5) is 0 Å². The number of carbonyl (C=O) groups excluding carboxylic acids is 1. The van der Waals surface area contributed by atoms with E-state index in [2.05, 4.69) is 11.8 Å². The zero-order chi connectivity index (χ0) is 13.7. The van der Waals surface area contributed by atoms with Crippen LogP contribution in [0.5, 0.6) is 0 Å². The van der Waals surface area contributed by atoms with Gasteiger partial charge in [0.2, 0.25) is 0 Å². The van der Waals surface area contributed by atoms with Crippen molar-refractivity contribution in [3.8, 4) is 0 Å². The molecule has 3 atom stereocenters. The second-order valence-electron chi connectivity index (χ2n) is 5.68. The highest BCUT2D eigenvalue weighted by Crippen LogP contribution is 2.31. The topological polar surface area (TPSA) is 38.8 Å². The van der Waals surface area contributed by atoms with Gasteiger partial charge in [-0.15, -0.1) is 0 Å². The third-order valence-corrected chi connectivity index (χ3v) is 4.48. The van der Waals surface area contributed by atoms with Gasteiger partial charge in [-0.05, 0) is 19.3 Å². The molecule has 1 saturated carbocycles. The van der Waals surface area contributed by atoms with E-state index in [1.165, 1.54) is 20.0 Å². The number of ether oxygens (including phenoxy) is 2. The summed E-state index contributed by atoms with van der Waals surface area (Å²) in [5.41, 5.74) is 0. The fraction of sp³-hybridized carbons (Fsp3) is 0.933. The number of hydrogen-bond donors (Lipinski definition) is 0. The first-order valence-corrected chi connectivity index (χ1v) is 7.73. The van der Waals surface area contributed by atoms with Crippen LogP contribution >= 0.6 is 0 Å². The molecule has 0 aromatic rings. The van der Waals surface area contributed by atoms with E-state index < -0.39 is 0 Å². The first kappa shape index (κ1) is 14.8. The van der Waals surface area contributed by atoms with Crippen molar-refractivity contribution in [1.29, 1.82) is 0 Å². The van der Waals surface area contributed by atoms with Crippen molar-refractivity contribution in [2.24, 2.45) is 0 Å². The van der Waals surface area contributed by atoms with E-state index in [1.54, 1.807) is 0 Å². The minimum Gasteiger partial charge on any atom is -0.468 e. The van der Waals surface area contributed by atoms with Gasteiger partial charge < -0.3 is 9.47 Å². The van der Waals surface area contributed by atoms with Gasteiger partial charge in [0.1, 0.15) is 6.04 Å². The summed E-state index contributed by atoms with van der Waals surface area (Å²) in [6.45, 7) is 3.78. The largest absolute Gasteiger partial charge is 0.468 e. The van der Waals surface area contributed by atoms with E-state index in [1.807, 2.05) is 0 Å². The average Bonchev–Trinajstić information content (AvgIpc) is 2.47. The summed E-state index contributed by atoms with van der Waals surface area (Å²) in [4.78, 5) is 14.5. The number of nitrogens with zero attached hydrogens (tertiary/aromatic N) is 1. The smallest absolute Gasteiger partial charge is 0.323 e. The molecule has 0 spiro atoms. The van der Waals surface area contributed by atoms with E-state index >= 15 is 0 Å². The zero-order valence-electron chi connectivity index (χ0n) is 12.3. The molecule has 0 bridgehead atoms. The highest BCUT2D eigenvalue weighted by Gasteiger charge is 2.39. The maximum atomic E-state index is 12.1. The highest BCUT2D eigenvalue weighted by atomic mass is 16.5. The van der Waals surface area contributed by atoms with Crippen LogP contribution in [-0.4, -0.2) is 49.3 Å². The Kier molecular flexibility index (Phi) is 5.64. The van der Waals surface area contributed by atoms with E-state index in [4.69, 9.17) is 9.47 Å². The quantitative estimate of drug-likeness (QED) is 0.718. The summed E-state index contributed by atoms with van der Waals surface area (Å²) in [5, 5.41) is 0. The number of rotatable bonds is 5. The molecule has 4 heteroatoms. The van der Waals surface area contributed by atoms with Crippen molar-refractivity contribution in [3.63, 3.8) is 0 Å². The molecule has 1 saturated heterocycles. The first-order valence-electron chi connectivity index (χ1n) is 7.73. The molecule has 110 valence electrons. The third-order valence-electron chi connectivity index (χ3n) is 4.48. The van der Waals surface area contributed by atoms with Crippen LogP contribution in [0.25, 0.3) is 0 Å². The molecule has 2 rings (SSSR count). The van der Waals surface area contributed by atoms with E-state index in [0.29, 0.717) is 12.1 Å². The Balaban J connectivity index is 2.07. The predicted octanol–water partition coefficient (Wildman–Crippen LogP) is 2.36. The Hall–Kier alpha value is -0.610. The number of fused-ring (bicyclic) bond motifs is 1. The van der Waals surface area contributed by atoms with Gasteiger partial charge in [0.05, 0.1) is 19.8 Å². The molecule has 19 heavy (non-hydrogen) atoms. The van der Waals surface area contributed by atoms with Crippen molar-refractivity contribution in [2.75, 3.05) is 20.3 Å². The molecule has 4 nitrogen and oxygen atoms in total. The SMILES string of the molecule is CCCCC(C(=O)OC)N1CCOC2CCCCC21. The average molecular weight is 269 g/mol. The molecule has 0 N–H and O–H groups in total. The standard InChI is InChI=1S/C15H27NO3/c1-3-4-7-13(15(17)18-2)16-10-11-19-14-9-6-5-8-12(14)16/h12-14H,3-11H2,1-2H3. The summed E-state index contributed by atoms with van der Waals surface area (Å²) in [7, 11) is 1.50. The van der Waals surface area contributed by atoms with Gasteiger partial charge in [0.25, 0.3) is 0 Å². The van der Waals surface area contributed by atoms with Gasteiger partial charge in [0, 0.05) is 12.6 Å². The Morgan fingerprint density at radius 1 is 1.42 bits per heavy atom. The molecule has 1 aliphatic carbocycles. The molecule has 2 aliphatic rings. The lowest BCUT2D eigenvalue weighted by atomic mass is 9.88. The number of esters is 1. The van der Waals surface area contributed by atoms with Crippen molar-refractivity contribution >= 4 is 5.97 Å². The summed E-state index contributed by atoms with van der Waals surface area (Å²) in [6.07, 6.45) is 8.24. The van der Waals surface area contributed by atoms with Crippen LogP contribution in [0.15, 0.2) is 0 Å². The minimum absolute atomic E-state index is 0.0697. The van der Waals surface area contributed by atoms with Gasteiger partial charge in [-0.25, -0.2) is 0 Å². The van der Waals surface area contributed by atoms with Crippen molar-refractivity contribution in [1.82, 2.24) is 4.90 Å². The number of hydrogen-bond acceptors (Lipinski definition) is 4. The maximum Gasteiger partial charge on any atom is 0.323 e. The van der Waals surface area contributed by atoms with E-state index in [-0.39, 0.29) is 12.0 Å².